The van der Waals surface area contributed by atoms with Crippen molar-refractivity contribution in [1.82, 2.24) is 20.2 Å². The first-order valence-corrected chi connectivity index (χ1v) is 7.94. The van der Waals surface area contributed by atoms with Crippen LogP contribution in [-0.2, 0) is 0 Å². The van der Waals surface area contributed by atoms with Crippen LogP contribution < -0.4 is 10.6 Å². The van der Waals surface area contributed by atoms with E-state index < -0.39 is 0 Å². The van der Waals surface area contributed by atoms with Gasteiger partial charge in [0, 0.05) is 29.1 Å². The Hall–Kier alpha value is -1.86. The Morgan fingerprint density at radius 1 is 1.29 bits per heavy atom. The van der Waals surface area contributed by atoms with Gasteiger partial charge in [0.2, 0.25) is 5.95 Å². The number of nitrogens with one attached hydrogen (secondary N) is 1. The van der Waals surface area contributed by atoms with E-state index in [0.29, 0.717) is 11.9 Å². The van der Waals surface area contributed by atoms with Crippen molar-refractivity contribution in [2.24, 2.45) is 11.7 Å². The summed E-state index contributed by atoms with van der Waals surface area (Å²) < 4.78 is 0. The van der Waals surface area contributed by atoms with E-state index in [0.717, 1.165) is 11.3 Å². The maximum absolute atomic E-state index is 6.35. The number of H-pyrrole nitrogens is 1. The molecule has 0 saturated heterocycles. The molecule has 1 aliphatic carbocycles. The molecule has 7 heteroatoms. The average Bonchev–Trinajstić information content (AvgIpc) is 3.05. The van der Waals surface area contributed by atoms with Gasteiger partial charge < -0.3 is 5.73 Å². The second-order valence-corrected chi connectivity index (χ2v) is 6.41. The molecule has 0 bridgehead atoms. The first-order valence-electron chi connectivity index (χ1n) is 7.06. The van der Waals surface area contributed by atoms with Gasteiger partial charge in [0.15, 0.2) is 0 Å². The molecule has 0 amide bonds. The summed E-state index contributed by atoms with van der Waals surface area (Å²) >= 11 is 1.72. The number of rotatable bonds is 3. The summed E-state index contributed by atoms with van der Waals surface area (Å²) in [4.78, 5) is 12.1. The lowest BCUT2D eigenvalue weighted by molar-refractivity contribution is 0.383. The molecule has 21 heavy (non-hydrogen) atoms. The van der Waals surface area contributed by atoms with Crippen molar-refractivity contribution in [1.29, 1.82) is 0 Å². The SMILES string of the molecule is NC1SC(C2CCC2)=C(c2cn[nH]c2)N1c1ncccn1. The topological polar surface area (TPSA) is 83.7 Å². The molecule has 3 heterocycles. The summed E-state index contributed by atoms with van der Waals surface area (Å²) in [7, 11) is 0. The van der Waals surface area contributed by atoms with E-state index >= 15 is 0 Å². The van der Waals surface area contributed by atoms with Gasteiger partial charge in [-0.15, -0.1) is 0 Å². The third-order valence-corrected chi connectivity index (χ3v) is 5.22. The highest BCUT2D eigenvalue weighted by Crippen LogP contribution is 2.50. The van der Waals surface area contributed by atoms with E-state index in [2.05, 4.69) is 20.2 Å². The Morgan fingerprint density at radius 3 is 2.71 bits per heavy atom. The molecule has 1 atom stereocenters. The second kappa shape index (κ2) is 5.16. The summed E-state index contributed by atoms with van der Waals surface area (Å²) in [6.07, 6.45) is 11.0. The number of aromatic nitrogens is 4. The number of hydrogen-bond acceptors (Lipinski definition) is 6. The largest absolute Gasteiger partial charge is 0.302 e. The molecule has 6 nitrogen and oxygen atoms in total. The number of nitrogens with two attached hydrogens (primary N) is 1. The Morgan fingerprint density at radius 2 is 2.10 bits per heavy atom. The zero-order valence-corrected chi connectivity index (χ0v) is 12.3. The number of hydrogen-bond donors (Lipinski definition) is 2. The molecular weight excluding hydrogens is 284 g/mol. The summed E-state index contributed by atoms with van der Waals surface area (Å²) in [5.41, 5.74) is 8.32. The minimum Gasteiger partial charge on any atom is -0.302 e. The van der Waals surface area contributed by atoms with Crippen LogP contribution in [-0.4, -0.2) is 25.7 Å². The maximum atomic E-state index is 6.35. The van der Waals surface area contributed by atoms with E-state index in [1.54, 1.807) is 24.2 Å². The van der Waals surface area contributed by atoms with Gasteiger partial charge in [-0.1, -0.05) is 18.2 Å². The van der Waals surface area contributed by atoms with Gasteiger partial charge in [0.25, 0.3) is 0 Å². The molecular formula is C14H16N6S. The average molecular weight is 300 g/mol. The minimum absolute atomic E-state index is 0.187. The first kappa shape index (κ1) is 12.8. The lowest BCUT2D eigenvalue weighted by Crippen LogP contribution is -2.35. The lowest BCUT2D eigenvalue weighted by Gasteiger charge is -2.27. The van der Waals surface area contributed by atoms with Crippen LogP contribution in [0.1, 0.15) is 24.8 Å². The van der Waals surface area contributed by atoms with Gasteiger partial charge in [-0.3, -0.25) is 10.00 Å². The highest BCUT2D eigenvalue weighted by atomic mass is 32.2. The predicted molar refractivity (Wildman–Crippen MR) is 82.9 cm³/mol. The number of nitrogens with zero attached hydrogens (tertiary/aromatic N) is 4. The second-order valence-electron chi connectivity index (χ2n) is 5.25. The lowest BCUT2D eigenvalue weighted by atomic mass is 9.84. The number of allylic oxidation sites excluding steroid dienone is 1. The number of aromatic amines is 1. The molecule has 2 aliphatic rings. The molecule has 0 aromatic carbocycles. The summed E-state index contributed by atoms with van der Waals surface area (Å²) in [6, 6.07) is 1.81. The predicted octanol–water partition coefficient (Wildman–Crippen LogP) is 2.16. The smallest absolute Gasteiger partial charge is 0.231 e. The third kappa shape index (κ3) is 2.13. The normalized spacial score (nSPS) is 22.7. The minimum atomic E-state index is -0.187. The van der Waals surface area contributed by atoms with Crippen molar-refractivity contribution in [2.75, 3.05) is 4.90 Å². The fraction of sp³-hybridized carbons (Fsp3) is 0.357. The van der Waals surface area contributed by atoms with Crippen molar-refractivity contribution >= 4 is 23.4 Å². The molecule has 0 radical (unpaired) electrons. The van der Waals surface area contributed by atoms with Gasteiger partial charge in [-0.25, -0.2) is 9.97 Å². The van der Waals surface area contributed by atoms with E-state index in [1.165, 1.54) is 24.2 Å². The molecule has 1 unspecified atom stereocenters. The van der Waals surface area contributed by atoms with Crippen LogP contribution in [0.15, 0.2) is 35.8 Å². The highest BCUT2D eigenvalue weighted by Gasteiger charge is 2.38. The van der Waals surface area contributed by atoms with Crippen molar-refractivity contribution in [3.05, 3.63) is 41.3 Å². The molecule has 0 spiro atoms. The third-order valence-electron chi connectivity index (χ3n) is 3.99. The summed E-state index contributed by atoms with van der Waals surface area (Å²) in [5, 5.41) is 6.97. The van der Waals surface area contributed by atoms with Crippen molar-refractivity contribution in [3.8, 4) is 0 Å². The molecule has 1 aliphatic heterocycles. The van der Waals surface area contributed by atoms with Crippen LogP contribution in [0.3, 0.4) is 0 Å². The molecule has 1 saturated carbocycles. The van der Waals surface area contributed by atoms with E-state index in [1.807, 2.05) is 23.4 Å². The van der Waals surface area contributed by atoms with Crippen LogP contribution in [0.25, 0.3) is 5.70 Å². The molecule has 3 N–H and O–H groups in total. The molecule has 108 valence electrons. The quantitative estimate of drug-likeness (QED) is 0.903. The van der Waals surface area contributed by atoms with Crippen LogP contribution >= 0.6 is 11.8 Å². The van der Waals surface area contributed by atoms with Gasteiger partial charge >= 0.3 is 0 Å². The highest BCUT2D eigenvalue weighted by molar-refractivity contribution is 8.04. The van der Waals surface area contributed by atoms with Gasteiger partial charge in [-0.05, 0) is 24.8 Å². The monoisotopic (exact) mass is 300 g/mol. The maximum Gasteiger partial charge on any atom is 0.231 e. The number of thioether (sulfide) groups is 1. The molecule has 2 aromatic rings. The standard InChI is InChI=1S/C14H16N6S/c15-13-20(14-16-5-2-6-17-14)11(10-7-18-19-8-10)12(21-13)9-3-1-4-9/h2,5-9,13H,1,3-4,15H2,(H,18,19). The number of anilines is 1. The van der Waals surface area contributed by atoms with E-state index in [-0.39, 0.29) is 5.50 Å². The molecule has 1 fully saturated rings. The Kier molecular flexibility index (Phi) is 3.16. The van der Waals surface area contributed by atoms with Crippen molar-refractivity contribution < 1.29 is 0 Å². The van der Waals surface area contributed by atoms with Crippen LogP contribution in [0.4, 0.5) is 5.95 Å². The summed E-state index contributed by atoms with van der Waals surface area (Å²) in [5.74, 6) is 1.25. The Bertz CT molecular complexity index is 649. The first-order chi connectivity index (χ1) is 10.3. The molecule has 2 aromatic heterocycles. The zero-order chi connectivity index (χ0) is 14.2. The fourth-order valence-electron chi connectivity index (χ4n) is 2.74. The van der Waals surface area contributed by atoms with E-state index in [4.69, 9.17) is 5.73 Å². The van der Waals surface area contributed by atoms with Gasteiger partial charge in [0.1, 0.15) is 5.50 Å². The summed E-state index contributed by atoms with van der Waals surface area (Å²) in [6.45, 7) is 0. The van der Waals surface area contributed by atoms with Crippen LogP contribution in [0, 0.1) is 5.92 Å². The van der Waals surface area contributed by atoms with Gasteiger partial charge in [0.05, 0.1) is 11.9 Å². The molecule has 4 rings (SSSR count). The van der Waals surface area contributed by atoms with Gasteiger partial charge in [-0.2, -0.15) is 5.10 Å². The van der Waals surface area contributed by atoms with E-state index in [9.17, 15) is 0 Å². The van der Waals surface area contributed by atoms with Crippen molar-refractivity contribution in [2.45, 2.75) is 24.8 Å². The zero-order valence-electron chi connectivity index (χ0n) is 11.4. The van der Waals surface area contributed by atoms with Crippen LogP contribution in [0.5, 0.6) is 0 Å². The fourth-order valence-corrected chi connectivity index (χ4v) is 4.06. The Balaban J connectivity index is 1.82. The van der Waals surface area contributed by atoms with Crippen molar-refractivity contribution in [3.63, 3.8) is 0 Å². The Labute approximate surface area is 126 Å². The van der Waals surface area contributed by atoms with Crippen LogP contribution in [0.2, 0.25) is 0 Å².